The van der Waals surface area contributed by atoms with Crippen molar-refractivity contribution in [2.24, 2.45) is 0 Å². The first-order chi connectivity index (χ1) is 15.4. The lowest BCUT2D eigenvalue weighted by Crippen LogP contribution is -2.19. The minimum Gasteiger partial charge on any atom is -0.477 e. The Kier molecular flexibility index (Phi) is 9.26. The van der Waals surface area contributed by atoms with Crippen LogP contribution in [0.25, 0.3) is 0 Å². The highest BCUT2D eigenvalue weighted by molar-refractivity contribution is 6.36. The maximum atomic E-state index is 12.6. The molecule has 0 aliphatic heterocycles. The summed E-state index contributed by atoms with van der Waals surface area (Å²) < 4.78 is 5.80. The fraction of sp³-hybridized carbons (Fsp3) is 0.0769. The fourth-order valence-corrected chi connectivity index (χ4v) is 2.90. The van der Waals surface area contributed by atoms with Crippen molar-refractivity contribution in [3.8, 4) is 5.75 Å². The molecular weight excluding hydrogens is 426 g/mol. The van der Waals surface area contributed by atoms with Crippen molar-refractivity contribution >= 4 is 23.4 Å². The second kappa shape index (κ2) is 12.1. The highest BCUT2D eigenvalue weighted by atomic mass is 35.5. The molecule has 0 amide bonds. The molecule has 0 aliphatic carbocycles. The molecule has 6 heteroatoms. The van der Waals surface area contributed by atoms with Gasteiger partial charge in [-0.25, -0.2) is 4.79 Å². The molecule has 2 aromatic carbocycles. The predicted molar refractivity (Wildman–Crippen MR) is 128 cm³/mol. The number of allylic oxidation sites excluding steroid dienone is 5. The molecule has 0 saturated carbocycles. The van der Waals surface area contributed by atoms with Gasteiger partial charge in [0.25, 0.3) is 0 Å². The number of ketones is 1. The van der Waals surface area contributed by atoms with E-state index in [0.29, 0.717) is 11.5 Å². The maximum Gasteiger partial charge on any atom is 0.341 e. The van der Waals surface area contributed by atoms with E-state index in [9.17, 15) is 14.7 Å². The van der Waals surface area contributed by atoms with Crippen molar-refractivity contribution < 1.29 is 19.4 Å². The number of ether oxygens (including phenoxy) is 1. The first-order valence-corrected chi connectivity index (χ1v) is 10.1. The second-order valence-corrected chi connectivity index (χ2v) is 7.04. The molecule has 32 heavy (non-hydrogen) atoms. The summed E-state index contributed by atoms with van der Waals surface area (Å²) >= 11 is 6.03. The Morgan fingerprint density at radius 2 is 1.78 bits per heavy atom. The standard InChI is InChI=1S/C26H24ClNO4/c1-4-6-10-20(9-5-2)32-21-15-13-19(14-16-21)18(3)28-17-23(26(30)31)25(29)22-11-7-8-12-24(22)27/h4-18,28H,1-2H2,3H3,(H,30,31)/b10-6-,20-9+,23-17-. The molecule has 0 fully saturated rings. The number of carboxylic acids is 1. The third-order valence-corrected chi connectivity index (χ3v) is 4.70. The van der Waals surface area contributed by atoms with Crippen molar-refractivity contribution in [2.75, 3.05) is 0 Å². The summed E-state index contributed by atoms with van der Waals surface area (Å²) in [6.45, 7) is 9.15. The molecular formula is C26H24ClNO4. The molecule has 0 radical (unpaired) electrons. The van der Waals surface area contributed by atoms with Gasteiger partial charge in [0.05, 0.1) is 5.02 Å². The highest BCUT2D eigenvalue weighted by Crippen LogP contribution is 2.21. The van der Waals surface area contributed by atoms with E-state index in [2.05, 4.69) is 18.5 Å². The lowest BCUT2D eigenvalue weighted by atomic mass is 10.0. The summed E-state index contributed by atoms with van der Waals surface area (Å²) in [5.41, 5.74) is 0.602. The zero-order valence-electron chi connectivity index (χ0n) is 17.6. The fourth-order valence-electron chi connectivity index (χ4n) is 2.68. The van der Waals surface area contributed by atoms with Crippen LogP contribution in [0.5, 0.6) is 5.75 Å². The molecule has 1 atom stereocenters. The molecule has 0 bridgehead atoms. The van der Waals surface area contributed by atoms with Crippen molar-refractivity contribution in [3.05, 3.63) is 126 Å². The second-order valence-electron chi connectivity index (χ2n) is 6.63. The summed E-state index contributed by atoms with van der Waals surface area (Å²) in [5, 5.41) is 12.7. The van der Waals surface area contributed by atoms with E-state index in [1.807, 2.05) is 19.1 Å². The molecule has 0 spiro atoms. The van der Waals surface area contributed by atoms with Crippen molar-refractivity contribution in [1.82, 2.24) is 5.32 Å². The van der Waals surface area contributed by atoms with Crippen LogP contribution in [0.3, 0.4) is 0 Å². The van der Waals surface area contributed by atoms with Crippen molar-refractivity contribution in [3.63, 3.8) is 0 Å². The molecule has 0 aliphatic rings. The van der Waals surface area contributed by atoms with E-state index in [4.69, 9.17) is 16.3 Å². The number of halogens is 1. The minimum absolute atomic E-state index is 0.132. The van der Waals surface area contributed by atoms with Gasteiger partial charge in [0.1, 0.15) is 17.1 Å². The van der Waals surface area contributed by atoms with E-state index in [1.165, 1.54) is 18.3 Å². The van der Waals surface area contributed by atoms with Crippen LogP contribution in [0.1, 0.15) is 28.9 Å². The number of Topliss-reactive ketones (excluding diaryl/α,β-unsaturated/α-hetero) is 1. The normalized spacial score (nSPS) is 12.8. The van der Waals surface area contributed by atoms with Gasteiger partial charge in [0.2, 0.25) is 5.78 Å². The Balaban J connectivity index is 2.14. The van der Waals surface area contributed by atoms with Crippen LogP contribution in [-0.4, -0.2) is 16.9 Å². The molecule has 164 valence electrons. The van der Waals surface area contributed by atoms with Gasteiger partial charge in [-0.15, -0.1) is 0 Å². The van der Waals surface area contributed by atoms with E-state index in [-0.39, 0.29) is 16.6 Å². The number of hydrogen-bond acceptors (Lipinski definition) is 4. The summed E-state index contributed by atoms with van der Waals surface area (Å²) in [4.78, 5) is 24.3. The van der Waals surface area contributed by atoms with E-state index in [0.717, 1.165) is 5.56 Å². The highest BCUT2D eigenvalue weighted by Gasteiger charge is 2.21. The quantitative estimate of drug-likeness (QED) is 0.109. The largest absolute Gasteiger partial charge is 0.477 e. The van der Waals surface area contributed by atoms with Gasteiger partial charge < -0.3 is 15.2 Å². The third kappa shape index (κ3) is 6.86. The summed E-state index contributed by atoms with van der Waals surface area (Å²) in [6, 6.07) is 13.3. The first-order valence-electron chi connectivity index (χ1n) is 9.75. The van der Waals surface area contributed by atoms with Gasteiger partial charge in [-0.05, 0) is 48.9 Å². The van der Waals surface area contributed by atoms with Crippen LogP contribution in [0.15, 0.2) is 110 Å². The number of rotatable bonds is 11. The molecule has 0 heterocycles. The zero-order chi connectivity index (χ0) is 23.5. The van der Waals surface area contributed by atoms with Crippen LogP contribution in [-0.2, 0) is 4.79 Å². The number of nitrogens with one attached hydrogen (secondary N) is 1. The van der Waals surface area contributed by atoms with Crippen LogP contribution in [0.2, 0.25) is 5.02 Å². The summed E-state index contributed by atoms with van der Waals surface area (Å²) in [5.74, 6) is -0.780. The third-order valence-electron chi connectivity index (χ3n) is 4.37. The Morgan fingerprint density at radius 3 is 2.38 bits per heavy atom. The SMILES string of the molecule is C=C/C=C\C(=C/C=C)Oc1ccc(C(C)N/C=C(\C(=O)O)C(=O)c2ccccc2Cl)cc1. The number of carbonyl (C=O) groups excluding carboxylic acids is 1. The summed E-state index contributed by atoms with van der Waals surface area (Å²) in [6.07, 6.45) is 9.72. The van der Waals surface area contributed by atoms with Crippen molar-refractivity contribution in [2.45, 2.75) is 13.0 Å². The predicted octanol–water partition coefficient (Wildman–Crippen LogP) is 6.03. The molecule has 2 aromatic rings. The van der Waals surface area contributed by atoms with Gasteiger partial charge in [0.15, 0.2) is 0 Å². The average molecular weight is 450 g/mol. The molecule has 0 saturated heterocycles. The van der Waals surface area contributed by atoms with Crippen LogP contribution < -0.4 is 10.1 Å². The van der Waals surface area contributed by atoms with Crippen LogP contribution in [0, 0.1) is 0 Å². The molecule has 1 unspecified atom stereocenters. The molecule has 2 rings (SSSR count). The topological polar surface area (TPSA) is 75.6 Å². The lowest BCUT2D eigenvalue weighted by Gasteiger charge is -2.14. The first kappa shape index (κ1) is 24.4. The number of aliphatic carboxylic acids is 1. The Morgan fingerprint density at radius 1 is 1.09 bits per heavy atom. The van der Waals surface area contributed by atoms with Gasteiger partial charge in [0, 0.05) is 17.8 Å². The maximum absolute atomic E-state index is 12.6. The molecule has 2 N–H and O–H groups in total. The van der Waals surface area contributed by atoms with Crippen LogP contribution >= 0.6 is 11.6 Å². The Hall–Kier alpha value is -3.83. The number of carboxylic acid groups (broad SMARTS) is 1. The molecule has 5 nitrogen and oxygen atoms in total. The van der Waals surface area contributed by atoms with E-state index in [1.54, 1.807) is 54.6 Å². The number of hydrogen-bond donors (Lipinski definition) is 2. The van der Waals surface area contributed by atoms with Gasteiger partial charge in [-0.1, -0.05) is 67.3 Å². The van der Waals surface area contributed by atoms with E-state index < -0.39 is 17.3 Å². The monoisotopic (exact) mass is 449 g/mol. The lowest BCUT2D eigenvalue weighted by molar-refractivity contribution is -0.132. The smallest absolute Gasteiger partial charge is 0.341 e. The number of benzene rings is 2. The zero-order valence-corrected chi connectivity index (χ0v) is 18.4. The Labute approximate surface area is 192 Å². The summed E-state index contributed by atoms with van der Waals surface area (Å²) in [7, 11) is 0. The van der Waals surface area contributed by atoms with Gasteiger partial charge in [-0.3, -0.25) is 4.79 Å². The average Bonchev–Trinajstić information content (AvgIpc) is 2.78. The number of carbonyl (C=O) groups is 2. The minimum atomic E-state index is -1.34. The van der Waals surface area contributed by atoms with Crippen molar-refractivity contribution in [1.29, 1.82) is 0 Å². The van der Waals surface area contributed by atoms with Gasteiger partial charge in [-0.2, -0.15) is 0 Å². The Bertz CT molecular complexity index is 1080. The molecule has 0 aromatic heterocycles. The van der Waals surface area contributed by atoms with Crippen LogP contribution in [0.4, 0.5) is 0 Å². The van der Waals surface area contributed by atoms with Gasteiger partial charge >= 0.3 is 5.97 Å². The van der Waals surface area contributed by atoms with E-state index >= 15 is 0 Å².